The van der Waals surface area contributed by atoms with Gasteiger partial charge in [-0.2, -0.15) is 5.26 Å². The van der Waals surface area contributed by atoms with Gasteiger partial charge in [0.15, 0.2) is 0 Å². The van der Waals surface area contributed by atoms with Crippen molar-refractivity contribution >= 4 is 0 Å². The molecule has 2 heteroatoms. The van der Waals surface area contributed by atoms with Crippen LogP contribution in [0, 0.1) is 34.9 Å². The summed E-state index contributed by atoms with van der Waals surface area (Å²) in [6.07, 6.45) is 13.2. The monoisotopic (exact) mass is 327 g/mol. The largest absolute Gasteiger partial charge is 0.206 e. The van der Waals surface area contributed by atoms with E-state index < -0.39 is 0 Å². The molecule has 0 atom stereocenters. The van der Waals surface area contributed by atoms with Crippen molar-refractivity contribution in [3.05, 3.63) is 35.1 Å². The third-order valence-corrected chi connectivity index (χ3v) is 6.62. The molecular formula is C22H30FN. The lowest BCUT2D eigenvalue weighted by Gasteiger charge is -2.38. The van der Waals surface area contributed by atoms with E-state index >= 15 is 0 Å². The van der Waals surface area contributed by atoms with Crippen molar-refractivity contribution in [2.75, 3.05) is 0 Å². The van der Waals surface area contributed by atoms with Crippen LogP contribution in [0.15, 0.2) is 18.2 Å². The van der Waals surface area contributed by atoms with E-state index in [9.17, 15) is 9.65 Å². The van der Waals surface area contributed by atoms with Gasteiger partial charge in [-0.25, -0.2) is 4.39 Å². The fourth-order valence-corrected chi connectivity index (χ4v) is 5.26. The van der Waals surface area contributed by atoms with Crippen molar-refractivity contribution in [1.29, 1.82) is 5.26 Å². The first-order chi connectivity index (χ1) is 11.7. The van der Waals surface area contributed by atoms with Crippen LogP contribution in [0.4, 0.5) is 4.39 Å². The number of nitrogens with zero attached hydrogens (tertiary/aromatic N) is 1. The standard InChI is InChI=1S/C22H30FN/c1-2-4-16-7-9-17(10-8-16)18-11-13-19(14-12-18)20-5-3-6-22(23)21(20)15-24/h3,5-6,16-19H,2,4,7-14H2,1H3/t16-,17-,18?,19?. The summed E-state index contributed by atoms with van der Waals surface area (Å²) in [6.45, 7) is 2.30. The Morgan fingerprint density at radius 2 is 1.62 bits per heavy atom. The minimum Gasteiger partial charge on any atom is -0.206 e. The second kappa shape index (κ2) is 8.15. The second-order valence-electron chi connectivity index (χ2n) is 8.00. The molecule has 3 rings (SSSR count). The van der Waals surface area contributed by atoms with E-state index in [0.29, 0.717) is 5.92 Å². The van der Waals surface area contributed by atoms with Crippen LogP contribution < -0.4 is 0 Å². The maximum Gasteiger partial charge on any atom is 0.141 e. The van der Waals surface area contributed by atoms with Crippen LogP contribution in [0.1, 0.15) is 88.2 Å². The van der Waals surface area contributed by atoms with Gasteiger partial charge in [0.05, 0.1) is 5.56 Å². The third-order valence-electron chi connectivity index (χ3n) is 6.62. The Morgan fingerprint density at radius 3 is 2.21 bits per heavy atom. The van der Waals surface area contributed by atoms with Crippen LogP contribution in [-0.4, -0.2) is 0 Å². The Hall–Kier alpha value is -1.36. The summed E-state index contributed by atoms with van der Waals surface area (Å²) in [5.74, 6) is 2.78. The van der Waals surface area contributed by atoms with Gasteiger partial charge in [-0.05, 0) is 73.8 Å². The van der Waals surface area contributed by atoms with Crippen molar-refractivity contribution in [2.45, 2.75) is 77.0 Å². The van der Waals surface area contributed by atoms with E-state index in [4.69, 9.17) is 0 Å². The molecule has 0 unspecified atom stereocenters. The molecule has 0 saturated heterocycles. The summed E-state index contributed by atoms with van der Waals surface area (Å²) in [4.78, 5) is 0. The highest BCUT2D eigenvalue weighted by atomic mass is 19.1. The molecule has 2 aliphatic rings. The fourth-order valence-electron chi connectivity index (χ4n) is 5.26. The second-order valence-corrected chi connectivity index (χ2v) is 8.00. The van der Waals surface area contributed by atoms with Gasteiger partial charge in [-0.15, -0.1) is 0 Å². The number of hydrogen-bond acceptors (Lipinski definition) is 1. The minimum absolute atomic E-state index is 0.279. The van der Waals surface area contributed by atoms with Crippen molar-refractivity contribution < 1.29 is 4.39 Å². The van der Waals surface area contributed by atoms with E-state index in [-0.39, 0.29) is 11.4 Å². The zero-order valence-corrected chi connectivity index (χ0v) is 14.9. The number of benzene rings is 1. The molecule has 0 heterocycles. The van der Waals surface area contributed by atoms with Crippen LogP contribution in [0.5, 0.6) is 0 Å². The van der Waals surface area contributed by atoms with Gasteiger partial charge in [0.2, 0.25) is 0 Å². The predicted molar refractivity (Wildman–Crippen MR) is 96.2 cm³/mol. The molecule has 1 aromatic carbocycles. The summed E-state index contributed by atoms with van der Waals surface area (Å²) in [7, 11) is 0. The van der Waals surface area contributed by atoms with E-state index in [1.807, 2.05) is 6.07 Å². The molecule has 24 heavy (non-hydrogen) atoms. The lowest BCUT2D eigenvalue weighted by Crippen LogP contribution is -2.25. The van der Waals surface area contributed by atoms with Gasteiger partial charge < -0.3 is 0 Å². The number of halogens is 1. The summed E-state index contributed by atoms with van der Waals surface area (Å²) in [5.41, 5.74) is 1.23. The molecule has 0 aliphatic heterocycles. The summed E-state index contributed by atoms with van der Waals surface area (Å²) in [5, 5.41) is 9.26. The maximum atomic E-state index is 13.8. The van der Waals surface area contributed by atoms with Gasteiger partial charge in [-0.3, -0.25) is 0 Å². The Kier molecular flexibility index (Phi) is 5.93. The van der Waals surface area contributed by atoms with Gasteiger partial charge in [0.1, 0.15) is 11.9 Å². The van der Waals surface area contributed by atoms with E-state index in [0.717, 1.165) is 36.2 Å². The minimum atomic E-state index is -0.355. The van der Waals surface area contributed by atoms with E-state index in [1.54, 1.807) is 6.07 Å². The number of hydrogen-bond donors (Lipinski definition) is 0. The summed E-state index contributed by atoms with van der Waals surface area (Å²) < 4.78 is 13.8. The van der Waals surface area contributed by atoms with Crippen LogP contribution >= 0.6 is 0 Å². The van der Waals surface area contributed by atoms with E-state index in [2.05, 4.69) is 13.0 Å². The molecule has 0 N–H and O–H groups in total. The summed E-state index contributed by atoms with van der Waals surface area (Å²) >= 11 is 0. The molecule has 130 valence electrons. The molecule has 2 saturated carbocycles. The van der Waals surface area contributed by atoms with Crippen LogP contribution in [0.2, 0.25) is 0 Å². The van der Waals surface area contributed by atoms with E-state index in [1.165, 1.54) is 57.4 Å². The highest BCUT2D eigenvalue weighted by Crippen LogP contribution is 2.45. The predicted octanol–water partition coefficient (Wildman–Crippen LogP) is 6.58. The maximum absolute atomic E-state index is 13.8. The van der Waals surface area contributed by atoms with Crippen LogP contribution in [-0.2, 0) is 0 Å². The van der Waals surface area contributed by atoms with Crippen molar-refractivity contribution in [1.82, 2.24) is 0 Å². The molecular weight excluding hydrogens is 297 g/mol. The lowest BCUT2D eigenvalue weighted by molar-refractivity contribution is 0.156. The topological polar surface area (TPSA) is 23.8 Å². The molecule has 0 bridgehead atoms. The SMILES string of the molecule is CCC[C@H]1CC[C@H](C2CCC(c3cccc(F)c3C#N)CC2)CC1. The van der Waals surface area contributed by atoms with Crippen molar-refractivity contribution in [2.24, 2.45) is 17.8 Å². The zero-order chi connectivity index (χ0) is 16.9. The molecule has 0 aromatic heterocycles. The molecule has 0 amide bonds. The Morgan fingerprint density at radius 1 is 1.00 bits per heavy atom. The lowest BCUT2D eigenvalue weighted by atomic mass is 9.67. The summed E-state index contributed by atoms with van der Waals surface area (Å²) in [6, 6.07) is 7.20. The molecule has 0 spiro atoms. The smallest absolute Gasteiger partial charge is 0.141 e. The number of nitriles is 1. The first-order valence-electron chi connectivity index (χ1n) is 9.91. The molecule has 2 aliphatic carbocycles. The highest BCUT2D eigenvalue weighted by molar-refractivity contribution is 5.41. The normalized spacial score (nSPS) is 30.7. The first kappa shape index (κ1) is 17.5. The first-order valence-corrected chi connectivity index (χ1v) is 9.91. The van der Waals surface area contributed by atoms with Gasteiger partial charge in [0.25, 0.3) is 0 Å². The van der Waals surface area contributed by atoms with Gasteiger partial charge in [-0.1, -0.05) is 44.7 Å². The van der Waals surface area contributed by atoms with Crippen LogP contribution in [0.3, 0.4) is 0 Å². The zero-order valence-electron chi connectivity index (χ0n) is 14.9. The highest BCUT2D eigenvalue weighted by Gasteiger charge is 2.31. The Labute approximate surface area is 146 Å². The van der Waals surface area contributed by atoms with Crippen molar-refractivity contribution in [3.8, 4) is 6.07 Å². The molecule has 2 fully saturated rings. The third kappa shape index (κ3) is 3.82. The van der Waals surface area contributed by atoms with Crippen molar-refractivity contribution in [3.63, 3.8) is 0 Å². The quantitative estimate of drug-likeness (QED) is 0.613. The molecule has 0 radical (unpaired) electrons. The van der Waals surface area contributed by atoms with Gasteiger partial charge in [0, 0.05) is 0 Å². The Balaban J connectivity index is 1.55. The van der Waals surface area contributed by atoms with Crippen LogP contribution in [0.25, 0.3) is 0 Å². The molecule has 1 nitrogen and oxygen atoms in total. The Bertz CT molecular complexity index is 572. The fraction of sp³-hybridized carbons (Fsp3) is 0.682. The average molecular weight is 327 g/mol. The molecule has 1 aromatic rings. The average Bonchev–Trinajstić information content (AvgIpc) is 2.63. The number of rotatable bonds is 4. The van der Waals surface area contributed by atoms with Gasteiger partial charge >= 0.3 is 0 Å².